The van der Waals surface area contributed by atoms with E-state index in [-0.39, 0.29) is 26.3 Å². The van der Waals surface area contributed by atoms with E-state index in [9.17, 15) is 19.2 Å². The molecule has 0 unspecified atom stereocenters. The molecule has 10 heteroatoms. The predicted molar refractivity (Wildman–Crippen MR) is 135 cm³/mol. The van der Waals surface area contributed by atoms with Gasteiger partial charge in [-0.1, -0.05) is 48.5 Å². The summed E-state index contributed by atoms with van der Waals surface area (Å²) >= 11 is 0. The van der Waals surface area contributed by atoms with E-state index in [1.807, 2.05) is 60.7 Å². The molecule has 3 N–H and O–H groups in total. The van der Waals surface area contributed by atoms with Gasteiger partial charge in [0.05, 0.1) is 13.2 Å². The maximum atomic E-state index is 13.0. The largest absolute Gasteiger partial charge is 0.457 e. The molecule has 5 amide bonds. The van der Waals surface area contributed by atoms with E-state index in [1.54, 1.807) is 24.3 Å². The molecule has 37 heavy (non-hydrogen) atoms. The Labute approximate surface area is 213 Å². The number of urea groups is 1. The van der Waals surface area contributed by atoms with Crippen molar-refractivity contribution < 1.29 is 28.7 Å². The van der Waals surface area contributed by atoms with Gasteiger partial charge in [0, 0.05) is 5.69 Å². The van der Waals surface area contributed by atoms with Crippen LogP contribution in [0.5, 0.6) is 11.5 Å². The number of imide groups is 1. The fourth-order valence-corrected chi connectivity index (χ4v) is 3.54. The molecular weight excluding hydrogens is 476 g/mol. The van der Waals surface area contributed by atoms with Crippen LogP contribution in [0.15, 0.2) is 84.9 Å². The highest BCUT2D eigenvalue weighted by atomic mass is 16.5. The minimum absolute atomic E-state index is 0.104. The van der Waals surface area contributed by atoms with Crippen LogP contribution in [0.2, 0.25) is 0 Å². The molecule has 0 spiro atoms. The SMILES string of the molecule is O=C1CN(CC(=O)N[C@@H](COCc2ccccc2)C(=O)Nc2ccc(Oc3ccccc3)cc2)C(=O)N1. The van der Waals surface area contributed by atoms with Gasteiger partial charge in [-0.2, -0.15) is 0 Å². The Balaban J connectivity index is 1.37. The number of nitrogens with one attached hydrogen (secondary N) is 3. The van der Waals surface area contributed by atoms with Crippen LogP contribution in [-0.4, -0.2) is 54.4 Å². The molecule has 190 valence electrons. The van der Waals surface area contributed by atoms with Crippen molar-refractivity contribution in [2.45, 2.75) is 12.6 Å². The monoisotopic (exact) mass is 502 g/mol. The zero-order valence-electron chi connectivity index (χ0n) is 19.9. The first-order valence-corrected chi connectivity index (χ1v) is 11.6. The number of benzene rings is 3. The second kappa shape index (κ2) is 12.3. The molecule has 1 aliphatic rings. The van der Waals surface area contributed by atoms with Crippen molar-refractivity contribution in [2.24, 2.45) is 0 Å². The van der Waals surface area contributed by atoms with Crippen molar-refractivity contribution in [3.8, 4) is 11.5 Å². The predicted octanol–water partition coefficient (Wildman–Crippen LogP) is 2.67. The molecule has 1 heterocycles. The Hall–Kier alpha value is -4.70. The average molecular weight is 503 g/mol. The first-order valence-electron chi connectivity index (χ1n) is 11.6. The van der Waals surface area contributed by atoms with Crippen LogP contribution in [0.4, 0.5) is 10.5 Å². The normalized spacial score (nSPS) is 13.6. The Bertz CT molecular complexity index is 1230. The summed E-state index contributed by atoms with van der Waals surface area (Å²) in [5, 5.41) is 7.46. The van der Waals surface area contributed by atoms with Crippen molar-refractivity contribution in [3.63, 3.8) is 0 Å². The number of anilines is 1. The van der Waals surface area contributed by atoms with Crippen LogP contribution in [0.3, 0.4) is 0 Å². The molecule has 0 radical (unpaired) electrons. The highest BCUT2D eigenvalue weighted by Crippen LogP contribution is 2.22. The number of carbonyl (C=O) groups is 4. The third-order valence-corrected chi connectivity index (χ3v) is 5.35. The van der Waals surface area contributed by atoms with Crippen LogP contribution >= 0.6 is 0 Å². The fourth-order valence-electron chi connectivity index (χ4n) is 3.54. The number of hydrogen-bond acceptors (Lipinski definition) is 6. The minimum Gasteiger partial charge on any atom is -0.457 e. The van der Waals surface area contributed by atoms with Gasteiger partial charge in [0.2, 0.25) is 17.7 Å². The second-order valence-corrected chi connectivity index (χ2v) is 8.26. The van der Waals surface area contributed by atoms with Gasteiger partial charge < -0.3 is 25.0 Å². The van der Waals surface area contributed by atoms with Crippen molar-refractivity contribution >= 4 is 29.4 Å². The lowest BCUT2D eigenvalue weighted by molar-refractivity contribution is -0.128. The van der Waals surface area contributed by atoms with Gasteiger partial charge >= 0.3 is 6.03 Å². The summed E-state index contributed by atoms with van der Waals surface area (Å²) in [5.74, 6) is -0.303. The first kappa shape index (κ1) is 25.4. The van der Waals surface area contributed by atoms with Crippen molar-refractivity contribution in [1.82, 2.24) is 15.5 Å². The standard InChI is InChI=1S/C27H26N4O6/c32-24(15-31-16-25(33)30-27(31)35)29-23(18-36-17-19-7-3-1-4-8-19)26(34)28-20-11-13-22(14-12-20)37-21-9-5-2-6-10-21/h1-14,23H,15-18H2,(H,28,34)(H,29,32)(H,30,33,35)/t23-/m0/s1. The van der Waals surface area contributed by atoms with Crippen molar-refractivity contribution in [2.75, 3.05) is 25.0 Å². The molecular formula is C27H26N4O6. The molecule has 1 aliphatic heterocycles. The zero-order valence-corrected chi connectivity index (χ0v) is 19.9. The van der Waals surface area contributed by atoms with Crippen molar-refractivity contribution in [1.29, 1.82) is 0 Å². The quantitative estimate of drug-likeness (QED) is 0.346. The Morgan fingerprint density at radius 3 is 2.19 bits per heavy atom. The Morgan fingerprint density at radius 2 is 1.54 bits per heavy atom. The molecule has 3 aromatic carbocycles. The summed E-state index contributed by atoms with van der Waals surface area (Å²) in [6, 6.07) is 23.8. The maximum Gasteiger partial charge on any atom is 0.325 e. The van der Waals surface area contributed by atoms with E-state index in [4.69, 9.17) is 9.47 Å². The zero-order chi connectivity index (χ0) is 26.0. The Kier molecular flexibility index (Phi) is 8.45. The lowest BCUT2D eigenvalue weighted by Gasteiger charge is -2.20. The first-order chi connectivity index (χ1) is 18.0. The summed E-state index contributed by atoms with van der Waals surface area (Å²) < 4.78 is 11.5. The van der Waals surface area contributed by atoms with Gasteiger partial charge in [-0.3, -0.25) is 19.7 Å². The molecule has 4 rings (SSSR count). The number of ether oxygens (including phenoxy) is 2. The summed E-state index contributed by atoms with van der Waals surface area (Å²) in [7, 11) is 0. The molecule has 0 aromatic heterocycles. The lowest BCUT2D eigenvalue weighted by atomic mass is 10.2. The van der Waals surface area contributed by atoms with Gasteiger partial charge in [0.1, 0.15) is 30.6 Å². The van der Waals surface area contributed by atoms with E-state index in [2.05, 4.69) is 16.0 Å². The van der Waals surface area contributed by atoms with E-state index in [0.29, 0.717) is 17.2 Å². The topological polar surface area (TPSA) is 126 Å². The summed E-state index contributed by atoms with van der Waals surface area (Å²) in [5.41, 5.74) is 1.41. The number of nitrogens with zero attached hydrogens (tertiary/aromatic N) is 1. The number of hydrogen-bond donors (Lipinski definition) is 3. The summed E-state index contributed by atoms with van der Waals surface area (Å²) in [6.07, 6.45) is 0. The second-order valence-electron chi connectivity index (χ2n) is 8.26. The number of rotatable bonds is 11. The molecule has 10 nitrogen and oxygen atoms in total. The molecule has 1 fully saturated rings. The van der Waals surface area contributed by atoms with E-state index >= 15 is 0 Å². The fraction of sp³-hybridized carbons (Fsp3) is 0.185. The molecule has 0 bridgehead atoms. The molecule has 1 atom stereocenters. The third-order valence-electron chi connectivity index (χ3n) is 5.35. The van der Waals surface area contributed by atoms with Crippen LogP contribution in [0.25, 0.3) is 0 Å². The Morgan fingerprint density at radius 1 is 0.892 bits per heavy atom. The van der Waals surface area contributed by atoms with Gasteiger partial charge in [-0.05, 0) is 42.0 Å². The molecule has 0 aliphatic carbocycles. The summed E-state index contributed by atoms with van der Waals surface area (Å²) in [6.45, 7) is -0.446. The van der Waals surface area contributed by atoms with Crippen LogP contribution < -0.4 is 20.7 Å². The third kappa shape index (κ3) is 7.64. The molecule has 0 saturated carbocycles. The van der Waals surface area contributed by atoms with Gasteiger partial charge in [-0.15, -0.1) is 0 Å². The maximum absolute atomic E-state index is 13.0. The van der Waals surface area contributed by atoms with Gasteiger partial charge in [-0.25, -0.2) is 4.79 Å². The average Bonchev–Trinajstić information content (AvgIpc) is 3.21. The molecule has 3 aromatic rings. The highest BCUT2D eigenvalue weighted by molar-refractivity contribution is 6.03. The number of para-hydroxylation sites is 1. The van der Waals surface area contributed by atoms with Crippen LogP contribution in [0.1, 0.15) is 5.56 Å². The summed E-state index contributed by atoms with van der Waals surface area (Å²) in [4.78, 5) is 49.8. The van der Waals surface area contributed by atoms with E-state index < -0.39 is 29.8 Å². The van der Waals surface area contributed by atoms with Gasteiger partial charge in [0.15, 0.2) is 0 Å². The van der Waals surface area contributed by atoms with E-state index in [1.165, 1.54) is 0 Å². The number of carbonyl (C=O) groups excluding carboxylic acids is 4. The minimum atomic E-state index is -1.04. The van der Waals surface area contributed by atoms with Gasteiger partial charge in [0.25, 0.3) is 0 Å². The number of amides is 5. The van der Waals surface area contributed by atoms with Crippen LogP contribution in [-0.2, 0) is 25.7 Å². The van der Waals surface area contributed by atoms with Crippen LogP contribution in [0, 0.1) is 0 Å². The van der Waals surface area contributed by atoms with E-state index in [0.717, 1.165) is 10.5 Å². The highest BCUT2D eigenvalue weighted by Gasteiger charge is 2.30. The lowest BCUT2D eigenvalue weighted by Crippen LogP contribution is -2.50. The smallest absolute Gasteiger partial charge is 0.325 e. The molecule has 1 saturated heterocycles. The van der Waals surface area contributed by atoms with Crippen molar-refractivity contribution in [3.05, 3.63) is 90.5 Å².